The summed E-state index contributed by atoms with van der Waals surface area (Å²) in [7, 11) is 0. The Kier molecular flexibility index (Phi) is 26.6. The Balaban J connectivity index is -0.000000325. The third-order valence-corrected chi connectivity index (χ3v) is 4.96. The summed E-state index contributed by atoms with van der Waals surface area (Å²) in [5, 5.41) is 49.7. The van der Waals surface area contributed by atoms with Gasteiger partial charge in [-0.25, -0.2) is 9.59 Å². The predicted molar refractivity (Wildman–Crippen MR) is 190 cm³/mol. The van der Waals surface area contributed by atoms with Gasteiger partial charge >= 0.3 is 63.3 Å². The number of ether oxygens (including phenoxy) is 2. The molecule has 0 aliphatic heterocycles. The van der Waals surface area contributed by atoms with Crippen molar-refractivity contribution in [1.29, 1.82) is 0 Å². The summed E-state index contributed by atoms with van der Waals surface area (Å²) in [6.07, 6.45) is 0.547. The number of aryl methyl sites for hydroxylation is 1. The van der Waals surface area contributed by atoms with E-state index in [1.165, 1.54) is 24.3 Å². The van der Waals surface area contributed by atoms with Gasteiger partial charge in [0.05, 0.1) is 26.6 Å². The normalized spacial score (nSPS) is 11.4. The van der Waals surface area contributed by atoms with Crippen LogP contribution in [0.15, 0.2) is 36.4 Å². The van der Waals surface area contributed by atoms with Crippen molar-refractivity contribution < 1.29 is 100 Å². The molecule has 15 heteroatoms. The number of aliphatic hydroxyl groups is 2. The number of nitro benzene ring substituents is 2. The van der Waals surface area contributed by atoms with Gasteiger partial charge < -0.3 is 29.6 Å². The van der Waals surface area contributed by atoms with Gasteiger partial charge in [0.25, 0.3) is 11.4 Å². The maximum Gasteiger partial charge on any atom is 1.00 e. The van der Waals surface area contributed by atoms with E-state index in [2.05, 4.69) is 0 Å². The van der Waals surface area contributed by atoms with Crippen LogP contribution in [0.3, 0.4) is 0 Å². The van der Waals surface area contributed by atoms with Crippen LogP contribution in [0.4, 0.5) is 11.4 Å². The molecule has 0 aromatic heterocycles. The number of nitrogens with zero attached hydrogens (tertiary/aromatic N) is 2. The van der Waals surface area contributed by atoms with Crippen LogP contribution in [0, 0.1) is 20.2 Å². The molecule has 0 heterocycles. The van der Waals surface area contributed by atoms with E-state index in [4.69, 9.17) is 24.5 Å². The molecular weight excluding hydrogens is 691 g/mol. The van der Waals surface area contributed by atoms with Crippen molar-refractivity contribution >= 4 is 30.1 Å². The number of carbonyl (C=O) groups is 3. The minimum Gasteiger partial charge on any atom is -0.850 e. The van der Waals surface area contributed by atoms with Crippen LogP contribution in [-0.2, 0) is 20.7 Å². The second kappa shape index (κ2) is 24.6. The molecule has 2 N–H and O–H groups in total. The molecular formula is C36H57KN2O12. The Morgan fingerprint density at radius 3 is 1.35 bits per heavy atom. The Hall–Kier alpha value is -2.63. The van der Waals surface area contributed by atoms with E-state index >= 15 is 0 Å². The van der Waals surface area contributed by atoms with Crippen molar-refractivity contribution in [3.05, 3.63) is 78.9 Å². The maximum absolute atomic E-state index is 11.9. The van der Waals surface area contributed by atoms with Gasteiger partial charge in [0, 0.05) is 35.8 Å². The summed E-state index contributed by atoms with van der Waals surface area (Å²) in [6.45, 7) is 25.8. The zero-order chi connectivity index (χ0) is 40.4. The quantitative estimate of drug-likeness (QED) is 0.180. The average Bonchev–Trinajstić information content (AvgIpc) is 2.93. The SMILES string of the molecule is C=O.CC(C)(C)O.CC(C)(C)[O-].CC(CO)c1ccc(C(=O)OC(C)(C)C)cc1[N+](=O)[O-].CCc1ccc(C(=O)OC(C)(C)C)cc1[N+](=O)[O-].[K+]. The van der Waals surface area contributed by atoms with E-state index in [0.717, 1.165) is 0 Å². The zero-order valence-corrected chi connectivity index (χ0v) is 36.2. The molecule has 0 radical (unpaired) electrons. The van der Waals surface area contributed by atoms with Crippen molar-refractivity contribution in [2.24, 2.45) is 0 Å². The monoisotopic (exact) mass is 748 g/mol. The molecule has 0 saturated heterocycles. The van der Waals surface area contributed by atoms with Gasteiger partial charge in [0.1, 0.15) is 18.0 Å². The molecule has 0 saturated carbocycles. The van der Waals surface area contributed by atoms with Crippen LogP contribution < -0.4 is 56.5 Å². The molecule has 1 unspecified atom stereocenters. The van der Waals surface area contributed by atoms with E-state index in [0.29, 0.717) is 17.5 Å². The van der Waals surface area contributed by atoms with Gasteiger partial charge in [-0.2, -0.15) is 0 Å². The number of rotatable bonds is 7. The van der Waals surface area contributed by atoms with Gasteiger partial charge in [-0.15, -0.1) is 5.60 Å². The number of benzene rings is 2. The van der Waals surface area contributed by atoms with Gasteiger partial charge in [0.2, 0.25) is 0 Å². The van der Waals surface area contributed by atoms with E-state index in [9.17, 15) is 34.9 Å². The largest absolute Gasteiger partial charge is 1.00 e. The number of carbonyl (C=O) groups excluding carboxylic acids is 3. The maximum atomic E-state index is 11.9. The summed E-state index contributed by atoms with van der Waals surface area (Å²) >= 11 is 0. The first-order valence-electron chi connectivity index (χ1n) is 15.7. The Morgan fingerprint density at radius 2 is 1.08 bits per heavy atom. The van der Waals surface area contributed by atoms with Crippen molar-refractivity contribution in [3.63, 3.8) is 0 Å². The van der Waals surface area contributed by atoms with Gasteiger partial charge in [-0.3, -0.25) is 20.2 Å². The van der Waals surface area contributed by atoms with Crippen LogP contribution >= 0.6 is 0 Å². The van der Waals surface area contributed by atoms with E-state index in [1.807, 2.05) is 13.7 Å². The van der Waals surface area contributed by atoms with Crippen molar-refractivity contribution in [2.45, 2.75) is 132 Å². The van der Waals surface area contributed by atoms with Gasteiger partial charge in [0.15, 0.2) is 0 Å². The standard InChI is InChI=1S/C14H19NO5.C13H17NO4.C4H10O.C4H9O.CH2O.K/c1-9(8-16)11-6-5-10(7-12(11)15(18)19)13(17)20-14(2,3)4;1-5-9-6-7-10(8-11(9)14(16)17)12(15)18-13(2,3)4;2*1-4(2,3)5;1-2;/h5-7,9,16H,8H2,1-4H3;6-8H,5H2,1-4H3;5H,1-3H3;1-3H3;1H2;/q;;;-1;;+1. The fourth-order valence-electron chi connectivity index (χ4n) is 3.18. The minimum atomic E-state index is -0.750. The molecule has 2 aromatic carbocycles. The Labute approximate surface area is 345 Å². The predicted octanol–water partition coefficient (Wildman–Crippen LogP) is 3.50. The molecule has 1 atom stereocenters. The number of hydrogen-bond acceptors (Lipinski definition) is 12. The summed E-state index contributed by atoms with van der Waals surface area (Å²) in [5.74, 6) is -1.53. The summed E-state index contributed by atoms with van der Waals surface area (Å²) in [6, 6.07) is 8.57. The molecule has 2 rings (SSSR count). The number of nitro groups is 2. The van der Waals surface area contributed by atoms with Crippen molar-refractivity contribution in [1.82, 2.24) is 0 Å². The number of aliphatic hydroxyl groups excluding tert-OH is 1. The summed E-state index contributed by atoms with van der Waals surface area (Å²) in [5.41, 5.74) is -1.43. The fourth-order valence-corrected chi connectivity index (χ4v) is 3.18. The third-order valence-electron chi connectivity index (χ3n) is 4.96. The second-order valence-corrected chi connectivity index (χ2v) is 14.9. The second-order valence-electron chi connectivity index (χ2n) is 14.9. The first-order chi connectivity index (χ1) is 22.4. The van der Waals surface area contributed by atoms with Crippen molar-refractivity contribution in [3.8, 4) is 0 Å². The van der Waals surface area contributed by atoms with Crippen LogP contribution in [0.5, 0.6) is 0 Å². The molecule has 0 amide bonds. The van der Waals surface area contributed by atoms with E-state index in [1.54, 1.807) is 102 Å². The molecule has 0 fully saturated rings. The molecule has 2 aromatic rings. The van der Waals surface area contributed by atoms with Crippen LogP contribution in [0.1, 0.15) is 135 Å². The van der Waals surface area contributed by atoms with Gasteiger partial charge in [-0.05, 0) is 80.9 Å². The fraction of sp³-hybridized carbons (Fsp3) is 0.583. The Bertz CT molecular complexity index is 1360. The summed E-state index contributed by atoms with van der Waals surface area (Å²) < 4.78 is 10.3. The molecule has 14 nitrogen and oxygen atoms in total. The van der Waals surface area contributed by atoms with Gasteiger partial charge in [-0.1, -0.05) is 46.8 Å². The van der Waals surface area contributed by atoms with Crippen LogP contribution in [0.25, 0.3) is 0 Å². The first-order valence-corrected chi connectivity index (χ1v) is 15.7. The molecule has 0 spiro atoms. The zero-order valence-electron chi connectivity index (χ0n) is 33.0. The topological polar surface area (TPSA) is 219 Å². The molecule has 284 valence electrons. The molecule has 0 aliphatic rings. The molecule has 0 aliphatic carbocycles. The first kappa shape index (κ1) is 55.1. The number of esters is 2. The smallest absolute Gasteiger partial charge is 0.850 e. The Morgan fingerprint density at radius 1 is 0.765 bits per heavy atom. The van der Waals surface area contributed by atoms with E-state index < -0.39 is 44.2 Å². The minimum absolute atomic E-state index is 0. The van der Waals surface area contributed by atoms with Crippen LogP contribution in [0.2, 0.25) is 0 Å². The summed E-state index contributed by atoms with van der Waals surface area (Å²) in [4.78, 5) is 52.6. The third kappa shape index (κ3) is 29.6. The van der Waals surface area contributed by atoms with E-state index in [-0.39, 0.29) is 86.4 Å². The molecule has 0 bridgehead atoms. The number of hydrogen-bond donors (Lipinski definition) is 2. The van der Waals surface area contributed by atoms with Crippen LogP contribution in [-0.4, -0.2) is 67.8 Å². The van der Waals surface area contributed by atoms with Crippen molar-refractivity contribution in [2.75, 3.05) is 6.61 Å². The average molecular weight is 749 g/mol. The molecule has 51 heavy (non-hydrogen) atoms.